The lowest BCUT2D eigenvalue weighted by Gasteiger charge is -2.35. The number of nitrogens with one attached hydrogen (secondary N) is 2. The van der Waals surface area contributed by atoms with Crippen molar-refractivity contribution in [1.82, 2.24) is 20.8 Å². The van der Waals surface area contributed by atoms with Crippen molar-refractivity contribution in [3.63, 3.8) is 0 Å². The Kier molecular flexibility index (Phi) is 7.03. The number of aromatic nitrogens is 2. The summed E-state index contributed by atoms with van der Waals surface area (Å²) in [6.07, 6.45) is 6.19. The van der Waals surface area contributed by atoms with Gasteiger partial charge in [-0.2, -0.15) is 0 Å². The number of aryl methyl sites for hydroxylation is 1. The summed E-state index contributed by atoms with van der Waals surface area (Å²) in [5.74, 6) is 0.462. The predicted molar refractivity (Wildman–Crippen MR) is 135 cm³/mol. The predicted octanol–water partition coefficient (Wildman–Crippen LogP) is 4.46. The second-order valence-corrected chi connectivity index (χ2v) is 10.1. The Hall–Kier alpha value is -3.19. The van der Waals surface area contributed by atoms with Crippen LogP contribution in [0.3, 0.4) is 0 Å². The molecule has 180 valence electrons. The molecular weight excluding hydrogens is 426 g/mol. The Morgan fingerprint density at radius 1 is 1.24 bits per heavy atom. The summed E-state index contributed by atoms with van der Waals surface area (Å²) in [5, 5.41) is 10.3. The Balaban J connectivity index is 1.48. The molecule has 1 fully saturated rings. The van der Waals surface area contributed by atoms with Gasteiger partial charge >= 0.3 is 0 Å². The van der Waals surface area contributed by atoms with Gasteiger partial charge in [0.2, 0.25) is 0 Å². The number of pyridine rings is 1. The maximum Gasteiger partial charge on any atom is 0.273 e. The van der Waals surface area contributed by atoms with Gasteiger partial charge < -0.3 is 20.1 Å². The molecule has 0 bridgehead atoms. The first-order valence-corrected chi connectivity index (χ1v) is 12.0. The highest BCUT2D eigenvalue weighted by Crippen LogP contribution is 2.33. The zero-order valence-electron chi connectivity index (χ0n) is 20.8. The highest BCUT2D eigenvalue weighted by Gasteiger charge is 2.23. The van der Waals surface area contributed by atoms with E-state index in [-0.39, 0.29) is 11.3 Å². The first-order chi connectivity index (χ1) is 16.3. The molecule has 2 N–H and O–H groups in total. The molecule has 1 unspecified atom stereocenters. The largest absolute Gasteiger partial charge is 0.368 e. The van der Waals surface area contributed by atoms with E-state index < -0.39 is 0 Å². The molecule has 0 spiro atoms. The summed E-state index contributed by atoms with van der Waals surface area (Å²) >= 11 is 0. The van der Waals surface area contributed by atoms with Crippen LogP contribution in [-0.2, 0) is 12.0 Å². The van der Waals surface area contributed by atoms with Gasteiger partial charge in [0.15, 0.2) is 5.69 Å². The van der Waals surface area contributed by atoms with Crippen molar-refractivity contribution in [2.24, 2.45) is 0 Å². The summed E-state index contributed by atoms with van der Waals surface area (Å²) in [7, 11) is 2.03. The second-order valence-electron chi connectivity index (χ2n) is 10.1. The van der Waals surface area contributed by atoms with E-state index in [9.17, 15) is 4.79 Å². The molecular formula is C27H35N5O2. The van der Waals surface area contributed by atoms with E-state index in [1.165, 1.54) is 24.1 Å². The molecule has 3 heterocycles. The van der Waals surface area contributed by atoms with Crippen LogP contribution >= 0.6 is 0 Å². The molecule has 1 amide bonds. The maximum atomic E-state index is 12.6. The molecule has 0 saturated carbocycles. The van der Waals surface area contributed by atoms with E-state index in [1.807, 2.05) is 40.2 Å². The van der Waals surface area contributed by atoms with Gasteiger partial charge in [-0.25, -0.2) is 0 Å². The molecule has 0 aliphatic carbocycles. The summed E-state index contributed by atoms with van der Waals surface area (Å²) < 4.78 is 5.34. The summed E-state index contributed by atoms with van der Waals surface area (Å²) in [4.78, 5) is 19.4. The Morgan fingerprint density at radius 3 is 2.76 bits per heavy atom. The first-order valence-electron chi connectivity index (χ1n) is 12.0. The van der Waals surface area contributed by atoms with E-state index in [0.29, 0.717) is 24.0 Å². The van der Waals surface area contributed by atoms with Gasteiger partial charge in [-0.05, 0) is 49.6 Å². The second kappa shape index (κ2) is 9.97. The van der Waals surface area contributed by atoms with Crippen molar-refractivity contribution in [2.75, 3.05) is 25.0 Å². The summed E-state index contributed by atoms with van der Waals surface area (Å²) in [6.45, 7) is 10.6. The fourth-order valence-electron chi connectivity index (χ4n) is 4.38. The summed E-state index contributed by atoms with van der Waals surface area (Å²) in [5.41, 5.74) is 5.82. The molecule has 1 aromatic carbocycles. The van der Waals surface area contributed by atoms with Gasteiger partial charge in [0, 0.05) is 48.9 Å². The normalized spacial score (nSPS) is 16.5. The Morgan fingerprint density at radius 2 is 2.06 bits per heavy atom. The van der Waals surface area contributed by atoms with Crippen molar-refractivity contribution in [2.45, 2.75) is 58.5 Å². The zero-order valence-corrected chi connectivity index (χ0v) is 20.8. The Bertz CT molecular complexity index is 1150. The van der Waals surface area contributed by atoms with Crippen LogP contribution in [0.1, 0.15) is 61.0 Å². The van der Waals surface area contributed by atoms with Crippen LogP contribution in [0.2, 0.25) is 0 Å². The fraction of sp³-hybridized carbons (Fsp3) is 0.444. The monoisotopic (exact) mass is 461 g/mol. The van der Waals surface area contributed by atoms with Crippen LogP contribution in [0.15, 0.2) is 47.2 Å². The van der Waals surface area contributed by atoms with Gasteiger partial charge in [-0.15, -0.1) is 0 Å². The van der Waals surface area contributed by atoms with Crippen molar-refractivity contribution < 1.29 is 9.32 Å². The lowest BCUT2D eigenvalue weighted by Crippen LogP contribution is -2.44. The smallest absolute Gasteiger partial charge is 0.273 e. The highest BCUT2D eigenvalue weighted by molar-refractivity contribution is 5.92. The van der Waals surface area contributed by atoms with Gasteiger partial charge in [0.25, 0.3) is 5.91 Å². The number of hydrogen-bond donors (Lipinski definition) is 2. The average molecular weight is 462 g/mol. The third kappa shape index (κ3) is 5.30. The Labute approximate surface area is 201 Å². The van der Waals surface area contributed by atoms with E-state index >= 15 is 0 Å². The first kappa shape index (κ1) is 24.0. The van der Waals surface area contributed by atoms with Crippen molar-refractivity contribution in [3.8, 4) is 11.1 Å². The molecule has 7 heteroatoms. The minimum absolute atomic E-state index is 0.189. The standard InChI is InChI=1S/C27H35N5O2/c1-18-13-19(22-10-11-29-16-24(22)32-12-6-7-21(17-32)28-5)8-9-20(18)15-30-26(33)23-14-25(34-31-23)27(2,3)4/h8-11,13-14,16,21,28H,6-7,12,15,17H2,1-5H3,(H,30,33). The van der Waals surface area contributed by atoms with Crippen LogP contribution in [0, 0.1) is 6.92 Å². The molecule has 2 aromatic heterocycles. The lowest BCUT2D eigenvalue weighted by atomic mass is 9.93. The van der Waals surface area contributed by atoms with E-state index in [2.05, 4.69) is 56.9 Å². The van der Waals surface area contributed by atoms with E-state index in [1.54, 1.807) is 6.07 Å². The van der Waals surface area contributed by atoms with Gasteiger partial charge in [0.05, 0.1) is 11.9 Å². The molecule has 1 aliphatic heterocycles. The molecule has 7 nitrogen and oxygen atoms in total. The van der Waals surface area contributed by atoms with Crippen LogP contribution in [0.5, 0.6) is 0 Å². The van der Waals surface area contributed by atoms with Crippen LogP contribution in [0.25, 0.3) is 11.1 Å². The minimum Gasteiger partial charge on any atom is -0.368 e. The summed E-state index contributed by atoms with van der Waals surface area (Å²) in [6, 6.07) is 10.7. The third-order valence-electron chi connectivity index (χ3n) is 6.55. The zero-order chi connectivity index (χ0) is 24.3. The quantitative estimate of drug-likeness (QED) is 0.564. The van der Waals surface area contributed by atoms with Gasteiger partial charge in [0.1, 0.15) is 5.76 Å². The third-order valence-corrected chi connectivity index (χ3v) is 6.55. The van der Waals surface area contributed by atoms with Crippen molar-refractivity contribution >= 4 is 11.6 Å². The molecule has 1 atom stereocenters. The van der Waals surface area contributed by atoms with Crippen LogP contribution in [0.4, 0.5) is 5.69 Å². The maximum absolute atomic E-state index is 12.6. The molecule has 4 rings (SSSR count). The number of rotatable bonds is 6. The molecule has 1 aliphatic rings. The fourth-order valence-corrected chi connectivity index (χ4v) is 4.38. The van der Waals surface area contributed by atoms with E-state index in [0.717, 1.165) is 29.8 Å². The molecule has 0 radical (unpaired) electrons. The minimum atomic E-state index is -0.233. The number of carbonyl (C=O) groups is 1. The number of benzene rings is 1. The average Bonchev–Trinajstić information content (AvgIpc) is 3.34. The van der Waals surface area contributed by atoms with Gasteiger partial charge in [-0.3, -0.25) is 9.78 Å². The molecule has 34 heavy (non-hydrogen) atoms. The highest BCUT2D eigenvalue weighted by atomic mass is 16.5. The number of nitrogens with zero attached hydrogens (tertiary/aromatic N) is 3. The van der Waals surface area contributed by atoms with Crippen molar-refractivity contribution in [1.29, 1.82) is 0 Å². The number of carbonyl (C=O) groups excluding carboxylic acids is 1. The van der Waals surface area contributed by atoms with Gasteiger partial charge in [-0.1, -0.05) is 44.1 Å². The number of hydrogen-bond acceptors (Lipinski definition) is 6. The van der Waals surface area contributed by atoms with E-state index in [4.69, 9.17) is 4.52 Å². The number of likely N-dealkylation sites (N-methyl/N-ethyl adjacent to an activating group) is 1. The number of anilines is 1. The number of piperidine rings is 1. The van der Waals surface area contributed by atoms with Crippen LogP contribution < -0.4 is 15.5 Å². The topological polar surface area (TPSA) is 83.3 Å². The molecule has 3 aromatic rings. The van der Waals surface area contributed by atoms with Crippen LogP contribution in [-0.4, -0.2) is 42.2 Å². The SMILES string of the molecule is CNC1CCCN(c2cnccc2-c2ccc(CNC(=O)c3cc(C(C)(C)C)on3)c(C)c2)C1. The lowest BCUT2D eigenvalue weighted by molar-refractivity contribution is 0.0941. The van der Waals surface area contributed by atoms with Crippen molar-refractivity contribution in [3.05, 3.63) is 65.3 Å². The number of amides is 1. The molecule has 1 saturated heterocycles.